The van der Waals surface area contributed by atoms with Crippen molar-refractivity contribution in [2.24, 2.45) is 28.0 Å². The summed E-state index contributed by atoms with van der Waals surface area (Å²) < 4.78 is 0. The zero-order valence-corrected chi connectivity index (χ0v) is 11.0. The fourth-order valence-corrected chi connectivity index (χ4v) is 2.22. The van der Waals surface area contributed by atoms with Gasteiger partial charge in [-0.15, -0.1) is 0 Å². The summed E-state index contributed by atoms with van der Waals surface area (Å²) in [4.78, 5) is 15.1. The number of hydrazone groups is 1. The number of carbonyl (C=O) groups is 1. The van der Waals surface area contributed by atoms with Crippen LogP contribution in [0.1, 0.15) is 13.8 Å². The van der Waals surface area contributed by atoms with Gasteiger partial charge in [-0.1, -0.05) is 43.3 Å². The van der Waals surface area contributed by atoms with Crippen molar-refractivity contribution in [2.45, 2.75) is 19.9 Å². The van der Waals surface area contributed by atoms with Crippen LogP contribution in [0.3, 0.4) is 0 Å². The Morgan fingerprint density at radius 2 is 2.16 bits per heavy atom. The second-order valence-corrected chi connectivity index (χ2v) is 4.93. The molecule has 2 aliphatic rings. The normalized spacial score (nSPS) is 33.4. The minimum absolute atomic E-state index is 0.0193. The molecule has 1 aliphatic heterocycles. The topological polar surface area (TPSA) is 81.4 Å². The maximum atomic E-state index is 12.3. The van der Waals surface area contributed by atoms with Crippen LogP contribution >= 0.6 is 0 Å². The molecule has 1 amide bonds. The third-order valence-electron chi connectivity index (χ3n) is 3.68. The minimum atomic E-state index is -0.172. The maximum Gasteiger partial charge on any atom is 0.246 e. The first-order valence-corrected chi connectivity index (χ1v) is 6.38. The van der Waals surface area contributed by atoms with Gasteiger partial charge in [-0.2, -0.15) is 5.10 Å². The van der Waals surface area contributed by atoms with Crippen LogP contribution in [0.25, 0.3) is 10.4 Å². The summed E-state index contributed by atoms with van der Waals surface area (Å²) in [5.74, 6) is 0.0767. The van der Waals surface area contributed by atoms with E-state index in [9.17, 15) is 4.79 Å². The fourth-order valence-electron chi connectivity index (χ4n) is 2.22. The van der Waals surface area contributed by atoms with Crippen LogP contribution in [0.4, 0.5) is 0 Å². The van der Waals surface area contributed by atoms with Gasteiger partial charge in [0.2, 0.25) is 5.91 Å². The van der Waals surface area contributed by atoms with E-state index in [1.54, 1.807) is 0 Å². The molecule has 1 heterocycles. The van der Waals surface area contributed by atoms with Gasteiger partial charge in [-0.25, -0.2) is 5.01 Å². The first-order valence-electron chi connectivity index (χ1n) is 6.38. The number of azide groups is 1. The molecular weight excluding hydrogens is 242 g/mol. The molecule has 19 heavy (non-hydrogen) atoms. The molecule has 0 bridgehead atoms. The van der Waals surface area contributed by atoms with Gasteiger partial charge in [-0.3, -0.25) is 4.79 Å². The Kier molecular flexibility index (Phi) is 4.02. The lowest BCUT2D eigenvalue weighted by Gasteiger charge is -2.36. The van der Waals surface area contributed by atoms with Crippen molar-refractivity contribution in [3.63, 3.8) is 0 Å². The highest BCUT2D eigenvalue weighted by atomic mass is 16.2. The molecule has 0 radical (unpaired) electrons. The molecular formula is C13H17N5O. The van der Waals surface area contributed by atoms with Crippen LogP contribution in [-0.4, -0.2) is 29.7 Å². The van der Waals surface area contributed by atoms with Gasteiger partial charge in [0.25, 0.3) is 0 Å². The molecule has 6 nitrogen and oxygen atoms in total. The number of carbonyl (C=O) groups excluding carboxylic acids is 1. The van der Waals surface area contributed by atoms with Crippen molar-refractivity contribution in [1.29, 1.82) is 0 Å². The fraction of sp³-hybridized carbons (Fsp3) is 0.538. The summed E-state index contributed by atoms with van der Waals surface area (Å²) in [6, 6.07) is -0.172. The van der Waals surface area contributed by atoms with E-state index in [1.807, 2.05) is 44.4 Å². The highest BCUT2D eigenvalue weighted by molar-refractivity contribution is 5.86. The third kappa shape index (κ3) is 2.69. The second-order valence-electron chi connectivity index (χ2n) is 4.93. The lowest BCUT2D eigenvalue weighted by molar-refractivity contribution is -0.139. The molecule has 0 spiro atoms. The van der Waals surface area contributed by atoms with Gasteiger partial charge >= 0.3 is 0 Å². The van der Waals surface area contributed by atoms with E-state index in [2.05, 4.69) is 15.1 Å². The summed E-state index contributed by atoms with van der Waals surface area (Å²) in [6.45, 7) is 4.22. The van der Waals surface area contributed by atoms with Crippen molar-refractivity contribution >= 4 is 12.1 Å². The Hall–Kier alpha value is -2.07. The summed E-state index contributed by atoms with van der Waals surface area (Å²) in [6.07, 6.45) is 9.48. The van der Waals surface area contributed by atoms with E-state index in [4.69, 9.17) is 5.53 Å². The van der Waals surface area contributed by atoms with Crippen LogP contribution in [0, 0.1) is 17.8 Å². The molecule has 0 fully saturated rings. The van der Waals surface area contributed by atoms with Gasteiger partial charge < -0.3 is 0 Å². The Balaban J connectivity index is 2.21. The third-order valence-corrected chi connectivity index (χ3v) is 3.68. The average Bonchev–Trinajstić information content (AvgIpc) is 2.43. The van der Waals surface area contributed by atoms with Crippen molar-refractivity contribution < 1.29 is 4.79 Å². The van der Waals surface area contributed by atoms with E-state index in [1.165, 1.54) is 5.01 Å². The maximum absolute atomic E-state index is 12.3. The zero-order valence-electron chi connectivity index (χ0n) is 11.0. The van der Waals surface area contributed by atoms with Gasteiger partial charge in [0.1, 0.15) is 0 Å². The van der Waals surface area contributed by atoms with Crippen molar-refractivity contribution in [3.05, 3.63) is 34.7 Å². The zero-order chi connectivity index (χ0) is 13.8. The second kappa shape index (κ2) is 5.71. The predicted octanol–water partition coefficient (Wildman–Crippen LogP) is 2.51. The quantitative estimate of drug-likeness (QED) is 0.435. The number of allylic oxidation sites excluding steroid dienone is 2. The SMILES string of the molecule is CC1C=NN(C2C=CC=CC2CN=[N+]=[N-])C(=O)C1C. The van der Waals surface area contributed by atoms with Crippen LogP contribution in [-0.2, 0) is 4.79 Å². The summed E-state index contributed by atoms with van der Waals surface area (Å²) >= 11 is 0. The molecule has 0 aromatic carbocycles. The number of nitrogens with zero attached hydrogens (tertiary/aromatic N) is 5. The molecule has 6 heteroatoms. The smallest absolute Gasteiger partial charge is 0.246 e. The molecule has 4 unspecified atom stereocenters. The van der Waals surface area contributed by atoms with Gasteiger partial charge in [0, 0.05) is 35.4 Å². The first-order chi connectivity index (χ1) is 9.15. The Labute approximate surface area is 112 Å². The highest BCUT2D eigenvalue weighted by Crippen LogP contribution is 2.26. The summed E-state index contributed by atoms with van der Waals surface area (Å²) in [7, 11) is 0. The average molecular weight is 259 g/mol. The predicted molar refractivity (Wildman–Crippen MR) is 73.2 cm³/mol. The number of rotatable bonds is 3. The lowest BCUT2D eigenvalue weighted by atomic mass is 9.90. The molecule has 0 aromatic heterocycles. The van der Waals surface area contributed by atoms with E-state index >= 15 is 0 Å². The number of amides is 1. The minimum Gasteiger partial charge on any atom is -0.273 e. The van der Waals surface area contributed by atoms with Crippen molar-refractivity contribution in [1.82, 2.24) is 5.01 Å². The standard InChI is InChI=1S/C13H17N5O/c1-9-7-16-18(13(19)10(9)2)12-6-4-3-5-11(12)8-15-17-14/h3-7,9-12H,8H2,1-2H3. The first kappa shape index (κ1) is 13.4. The van der Waals surface area contributed by atoms with Gasteiger partial charge in [0.05, 0.1) is 6.04 Å². The molecule has 4 atom stereocenters. The number of hydrogen-bond donors (Lipinski definition) is 0. The van der Waals surface area contributed by atoms with Gasteiger partial charge in [0.15, 0.2) is 0 Å². The molecule has 0 N–H and O–H groups in total. The monoisotopic (exact) mass is 259 g/mol. The molecule has 0 saturated carbocycles. The Morgan fingerprint density at radius 1 is 1.42 bits per heavy atom. The molecule has 100 valence electrons. The van der Waals surface area contributed by atoms with E-state index < -0.39 is 0 Å². The Bertz CT molecular complexity index is 489. The molecule has 0 aromatic rings. The van der Waals surface area contributed by atoms with E-state index in [-0.39, 0.29) is 29.7 Å². The van der Waals surface area contributed by atoms with Crippen LogP contribution in [0.2, 0.25) is 0 Å². The molecule has 1 aliphatic carbocycles. The van der Waals surface area contributed by atoms with Crippen molar-refractivity contribution in [2.75, 3.05) is 6.54 Å². The summed E-state index contributed by atoms with van der Waals surface area (Å²) in [5.41, 5.74) is 8.43. The highest BCUT2D eigenvalue weighted by Gasteiger charge is 2.35. The van der Waals surface area contributed by atoms with Crippen LogP contribution in [0.5, 0.6) is 0 Å². The number of hydrogen-bond acceptors (Lipinski definition) is 3. The van der Waals surface area contributed by atoms with E-state index in [0.29, 0.717) is 6.54 Å². The largest absolute Gasteiger partial charge is 0.273 e. The van der Waals surface area contributed by atoms with Crippen LogP contribution < -0.4 is 0 Å². The molecule has 0 saturated heterocycles. The lowest BCUT2D eigenvalue weighted by Crippen LogP contribution is -2.47. The van der Waals surface area contributed by atoms with E-state index in [0.717, 1.165) is 0 Å². The van der Waals surface area contributed by atoms with Gasteiger partial charge in [-0.05, 0) is 5.53 Å². The summed E-state index contributed by atoms with van der Waals surface area (Å²) in [5, 5.41) is 9.38. The van der Waals surface area contributed by atoms with Crippen molar-refractivity contribution in [3.8, 4) is 0 Å². The molecule has 2 rings (SSSR count). The van der Waals surface area contributed by atoms with Crippen LogP contribution in [0.15, 0.2) is 34.5 Å². The Morgan fingerprint density at radius 3 is 2.89 bits per heavy atom.